The molecule has 1 aliphatic heterocycles. The highest BCUT2D eigenvalue weighted by Gasteiger charge is 2.26. The molecule has 1 heterocycles. The highest BCUT2D eigenvalue weighted by Crippen LogP contribution is 2.40. The van der Waals surface area contributed by atoms with E-state index in [1.54, 1.807) is 6.07 Å². The summed E-state index contributed by atoms with van der Waals surface area (Å²) < 4.78 is 5.96. The molecule has 22 heavy (non-hydrogen) atoms. The van der Waals surface area contributed by atoms with Crippen molar-refractivity contribution in [1.82, 2.24) is 5.43 Å². The van der Waals surface area contributed by atoms with E-state index < -0.39 is 0 Å². The smallest absolute Gasteiger partial charge is 0.166 e. The van der Waals surface area contributed by atoms with Gasteiger partial charge in [0.2, 0.25) is 0 Å². The van der Waals surface area contributed by atoms with Gasteiger partial charge in [0.25, 0.3) is 0 Å². The van der Waals surface area contributed by atoms with Crippen LogP contribution in [-0.4, -0.2) is 5.84 Å². The van der Waals surface area contributed by atoms with Crippen LogP contribution < -0.4 is 21.8 Å². The molecule has 5 N–H and O–H groups in total. The zero-order valence-corrected chi connectivity index (χ0v) is 13.0. The number of hydrazone groups is 1. The van der Waals surface area contributed by atoms with Crippen LogP contribution in [0.3, 0.4) is 0 Å². The van der Waals surface area contributed by atoms with Crippen molar-refractivity contribution in [2.24, 2.45) is 16.8 Å². The fourth-order valence-corrected chi connectivity index (χ4v) is 2.84. The minimum Gasteiger partial charge on any atom is -0.485 e. The molecule has 0 fully saturated rings. The van der Waals surface area contributed by atoms with Gasteiger partial charge in [-0.05, 0) is 23.3 Å². The summed E-state index contributed by atoms with van der Waals surface area (Å²) in [5.41, 5.74) is 5.29. The van der Waals surface area contributed by atoms with Gasteiger partial charge in [-0.1, -0.05) is 41.4 Å². The number of rotatable bonds is 2. The lowest BCUT2D eigenvalue weighted by Gasteiger charge is -2.13. The van der Waals surface area contributed by atoms with E-state index in [4.69, 9.17) is 39.6 Å². The molecule has 1 atom stereocenters. The number of nitrogens with two attached hydrogens (primary N) is 2. The number of ether oxygens (including phenoxy) is 1. The van der Waals surface area contributed by atoms with E-state index in [0.29, 0.717) is 15.9 Å². The summed E-state index contributed by atoms with van der Waals surface area (Å²) in [4.78, 5) is 0. The fourth-order valence-electron chi connectivity index (χ4n) is 2.50. The highest BCUT2D eigenvalue weighted by molar-refractivity contribution is 6.42. The predicted molar refractivity (Wildman–Crippen MR) is 88.0 cm³/mol. The molecule has 2 aromatic rings. The zero-order valence-electron chi connectivity index (χ0n) is 11.5. The first kappa shape index (κ1) is 15.0. The number of nitrogens with zero attached hydrogens (tertiary/aromatic N) is 1. The quantitative estimate of drug-likeness (QED) is 0.340. The van der Waals surface area contributed by atoms with E-state index in [-0.39, 0.29) is 6.10 Å². The Bertz CT molecular complexity index is 717. The minimum atomic E-state index is -0.110. The maximum Gasteiger partial charge on any atom is 0.166 e. The topological polar surface area (TPSA) is 85.7 Å². The molecule has 5 nitrogen and oxygen atoms in total. The van der Waals surface area contributed by atoms with E-state index in [1.807, 2.05) is 30.3 Å². The van der Waals surface area contributed by atoms with Crippen LogP contribution in [0.1, 0.15) is 22.8 Å². The molecule has 0 aliphatic carbocycles. The van der Waals surface area contributed by atoms with Gasteiger partial charge in [-0.15, -0.1) is 0 Å². The van der Waals surface area contributed by atoms with Crippen LogP contribution in [0, 0.1) is 0 Å². The highest BCUT2D eigenvalue weighted by atomic mass is 35.5. The fraction of sp³-hybridized carbons (Fsp3) is 0.133. The molecule has 3 rings (SSSR count). The standard InChI is InChI=1S/C15H14Cl2N4O/c16-11-5-10-6-13(22-14(10)7-12(11)17)8-2-1-3-9(4-8)15(20-18)21-19/h1-5,7,13H,6,18-19H2,(H,20,21). The van der Waals surface area contributed by atoms with Gasteiger partial charge in [-0.25, -0.2) is 5.84 Å². The van der Waals surface area contributed by atoms with E-state index in [2.05, 4.69) is 10.5 Å². The molecule has 0 amide bonds. The van der Waals surface area contributed by atoms with Crippen molar-refractivity contribution in [1.29, 1.82) is 0 Å². The molecule has 2 aromatic carbocycles. The van der Waals surface area contributed by atoms with Gasteiger partial charge >= 0.3 is 0 Å². The molecule has 1 aliphatic rings. The normalized spacial score (nSPS) is 17.0. The Hall–Kier alpha value is -1.95. The van der Waals surface area contributed by atoms with Crippen LogP contribution in [0.15, 0.2) is 41.5 Å². The Kier molecular flexibility index (Phi) is 4.11. The van der Waals surface area contributed by atoms with Gasteiger partial charge in [0, 0.05) is 18.1 Å². The first-order valence-electron chi connectivity index (χ1n) is 6.61. The lowest BCUT2D eigenvalue weighted by atomic mass is 10.0. The second-order valence-electron chi connectivity index (χ2n) is 4.93. The molecule has 1 unspecified atom stereocenters. The largest absolute Gasteiger partial charge is 0.485 e. The van der Waals surface area contributed by atoms with Gasteiger partial charge in [0.15, 0.2) is 5.84 Å². The van der Waals surface area contributed by atoms with Crippen molar-refractivity contribution in [2.75, 3.05) is 0 Å². The Morgan fingerprint density at radius 1 is 1.23 bits per heavy atom. The van der Waals surface area contributed by atoms with Gasteiger partial charge in [-0.2, -0.15) is 5.10 Å². The Morgan fingerprint density at radius 3 is 2.73 bits per heavy atom. The third kappa shape index (κ3) is 2.70. The van der Waals surface area contributed by atoms with Crippen LogP contribution in [0.2, 0.25) is 10.0 Å². The average Bonchev–Trinajstić information content (AvgIpc) is 2.92. The summed E-state index contributed by atoms with van der Waals surface area (Å²) >= 11 is 12.1. The maximum atomic E-state index is 6.05. The Balaban J connectivity index is 1.90. The summed E-state index contributed by atoms with van der Waals surface area (Å²) in [5.74, 6) is 11.9. The number of benzene rings is 2. The summed E-state index contributed by atoms with van der Waals surface area (Å²) in [6, 6.07) is 11.3. The molecule has 0 saturated heterocycles. The van der Waals surface area contributed by atoms with E-state index in [0.717, 1.165) is 28.9 Å². The lowest BCUT2D eigenvalue weighted by molar-refractivity contribution is 0.238. The molecule has 0 bridgehead atoms. The van der Waals surface area contributed by atoms with Crippen molar-refractivity contribution >= 4 is 29.0 Å². The molecule has 0 spiro atoms. The average molecular weight is 337 g/mol. The molecule has 0 aromatic heterocycles. The molecular formula is C15H14Cl2N4O. The predicted octanol–water partition coefficient (Wildman–Crippen LogP) is 2.75. The number of hydrogen-bond acceptors (Lipinski definition) is 4. The summed E-state index contributed by atoms with van der Waals surface area (Å²) in [5, 5.41) is 4.63. The van der Waals surface area contributed by atoms with Gasteiger partial charge in [-0.3, -0.25) is 0 Å². The van der Waals surface area contributed by atoms with Crippen molar-refractivity contribution in [3.8, 4) is 5.75 Å². The zero-order chi connectivity index (χ0) is 15.7. The van der Waals surface area contributed by atoms with Gasteiger partial charge in [0.05, 0.1) is 10.0 Å². The van der Waals surface area contributed by atoms with Crippen LogP contribution in [-0.2, 0) is 6.42 Å². The van der Waals surface area contributed by atoms with E-state index >= 15 is 0 Å². The first-order chi connectivity index (χ1) is 10.6. The number of halogens is 2. The van der Waals surface area contributed by atoms with Crippen LogP contribution in [0.5, 0.6) is 5.75 Å². The second kappa shape index (κ2) is 6.04. The number of hydrazine groups is 1. The molecule has 7 heteroatoms. The molecular weight excluding hydrogens is 323 g/mol. The minimum absolute atomic E-state index is 0.110. The van der Waals surface area contributed by atoms with E-state index in [1.165, 1.54) is 0 Å². The van der Waals surface area contributed by atoms with Crippen molar-refractivity contribution in [2.45, 2.75) is 12.5 Å². The third-order valence-electron chi connectivity index (χ3n) is 3.58. The number of amidine groups is 1. The molecule has 0 radical (unpaired) electrons. The summed E-state index contributed by atoms with van der Waals surface area (Å²) in [7, 11) is 0. The monoisotopic (exact) mass is 336 g/mol. The third-order valence-corrected chi connectivity index (χ3v) is 4.30. The van der Waals surface area contributed by atoms with Crippen LogP contribution in [0.4, 0.5) is 0 Å². The number of hydrogen-bond donors (Lipinski definition) is 3. The van der Waals surface area contributed by atoms with Crippen molar-refractivity contribution in [3.63, 3.8) is 0 Å². The maximum absolute atomic E-state index is 6.05. The Labute approximate surface area is 137 Å². The first-order valence-corrected chi connectivity index (χ1v) is 7.37. The van der Waals surface area contributed by atoms with E-state index in [9.17, 15) is 0 Å². The SMILES string of the molecule is N/N=C(\NN)c1cccc(C2Cc3cc(Cl)c(Cl)cc3O2)c1. The summed E-state index contributed by atoms with van der Waals surface area (Å²) in [6.45, 7) is 0. The molecule has 0 saturated carbocycles. The van der Waals surface area contributed by atoms with Crippen molar-refractivity contribution in [3.05, 3.63) is 63.1 Å². The van der Waals surface area contributed by atoms with Gasteiger partial charge < -0.3 is 16.0 Å². The van der Waals surface area contributed by atoms with Crippen LogP contribution >= 0.6 is 23.2 Å². The van der Waals surface area contributed by atoms with Crippen molar-refractivity contribution < 1.29 is 4.74 Å². The lowest BCUT2D eigenvalue weighted by Crippen LogP contribution is -2.32. The molecule has 114 valence electrons. The van der Waals surface area contributed by atoms with Gasteiger partial charge in [0.1, 0.15) is 11.9 Å². The van der Waals surface area contributed by atoms with Crippen LogP contribution in [0.25, 0.3) is 0 Å². The Morgan fingerprint density at radius 2 is 2.00 bits per heavy atom. The number of nitrogens with one attached hydrogen (secondary N) is 1. The number of fused-ring (bicyclic) bond motifs is 1. The second-order valence-corrected chi connectivity index (χ2v) is 5.75. The summed E-state index contributed by atoms with van der Waals surface area (Å²) in [6.07, 6.45) is 0.613.